The number of benzene rings is 2. The molecule has 1 heterocycles. The SMILES string of the molecule is CNC(CC(=O)O)C(=O)N1CCc2cc(OCc3ccc(C4CCCC4)c(C(F)(F)F)c3)ccc21. The van der Waals surface area contributed by atoms with Gasteiger partial charge in [0, 0.05) is 12.2 Å². The van der Waals surface area contributed by atoms with Crippen molar-refractivity contribution in [2.45, 2.75) is 63.3 Å². The number of carboxylic acid groups (broad SMARTS) is 1. The summed E-state index contributed by atoms with van der Waals surface area (Å²) >= 11 is 0. The molecule has 6 nitrogen and oxygen atoms in total. The third kappa shape index (κ3) is 5.61. The number of carbonyl (C=O) groups is 2. The zero-order chi connectivity index (χ0) is 25.2. The van der Waals surface area contributed by atoms with Gasteiger partial charge in [0.15, 0.2) is 0 Å². The van der Waals surface area contributed by atoms with E-state index in [1.807, 2.05) is 0 Å². The van der Waals surface area contributed by atoms with Crippen molar-refractivity contribution in [2.24, 2.45) is 0 Å². The molecule has 1 unspecified atom stereocenters. The standard InChI is InChI=1S/C26H29F3N2O4/c1-30-22(14-24(32)33)25(34)31-11-10-18-13-19(7-9-23(18)31)35-15-16-6-8-20(17-4-2-3-5-17)21(12-16)26(27,28)29/h6-9,12-13,17,22,30H,2-5,10-11,14-15H2,1H3,(H,32,33). The molecular formula is C26H29F3N2O4. The lowest BCUT2D eigenvalue weighted by atomic mass is 9.91. The van der Waals surface area contributed by atoms with Crippen LogP contribution in [0.25, 0.3) is 0 Å². The molecule has 0 bridgehead atoms. The van der Waals surface area contributed by atoms with Crippen molar-refractivity contribution in [3.8, 4) is 5.75 Å². The van der Waals surface area contributed by atoms with Gasteiger partial charge in [0.1, 0.15) is 12.4 Å². The normalized spacial score (nSPS) is 16.9. The average Bonchev–Trinajstić information content (AvgIpc) is 3.50. The van der Waals surface area contributed by atoms with Crippen LogP contribution in [0, 0.1) is 0 Å². The van der Waals surface area contributed by atoms with E-state index in [-0.39, 0.29) is 24.9 Å². The number of nitrogens with one attached hydrogen (secondary N) is 1. The number of ether oxygens (including phenoxy) is 1. The monoisotopic (exact) mass is 490 g/mol. The molecule has 1 amide bonds. The molecule has 1 atom stereocenters. The molecule has 0 radical (unpaired) electrons. The minimum absolute atomic E-state index is 0.00407. The van der Waals surface area contributed by atoms with Gasteiger partial charge in [0.25, 0.3) is 0 Å². The summed E-state index contributed by atoms with van der Waals surface area (Å²) in [7, 11) is 1.55. The van der Waals surface area contributed by atoms with E-state index in [1.165, 1.54) is 6.07 Å². The Kier molecular flexibility index (Phi) is 7.35. The van der Waals surface area contributed by atoms with Crippen molar-refractivity contribution >= 4 is 17.6 Å². The first kappa shape index (κ1) is 25.0. The number of hydrogen-bond acceptors (Lipinski definition) is 4. The summed E-state index contributed by atoms with van der Waals surface area (Å²) in [5.74, 6) is -0.917. The molecule has 4 rings (SSSR count). The number of likely N-dealkylation sites (N-methyl/N-ethyl adjacent to an activating group) is 1. The summed E-state index contributed by atoms with van der Waals surface area (Å²) < 4.78 is 47.0. The number of alkyl halides is 3. The van der Waals surface area contributed by atoms with Crippen molar-refractivity contribution < 1.29 is 32.6 Å². The van der Waals surface area contributed by atoms with Crippen LogP contribution in [-0.2, 0) is 28.8 Å². The van der Waals surface area contributed by atoms with Gasteiger partial charge in [-0.15, -0.1) is 0 Å². The number of anilines is 1. The van der Waals surface area contributed by atoms with Crippen LogP contribution in [0.2, 0.25) is 0 Å². The number of amides is 1. The Bertz CT molecular complexity index is 1100. The molecule has 2 aromatic carbocycles. The van der Waals surface area contributed by atoms with Gasteiger partial charge in [0.2, 0.25) is 5.91 Å². The lowest BCUT2D eigenvalue weighted by Gasteiger charge is -2.23. The fourth-order valence-corrected chi connectivity index (χ4v) is 5.07. The van der Waals surface area contributed by atoms with E-state index >= 15 is 0 Å². The van der Waals surface area contributed by atoms with Gasteiger partial charge >= 0.3 is 12.1 Å². The molecule has 188 valence electrons. The van der Waals surface area contributed by atoms with Crippen LogP contribution in [0.4, 0.5) is 18.9 Å². The predicted molar refractivity (Wildman–Crippen MR) is 125 cm³/mol. The molecule has 1 aliphatic heterocycles. The Morgan fingerprint density at radius 1 is 1.17 bits per heavy atom. The molecule has 0 saturated heterocycles. The third-order valence-electron chi connectivity index (χ3n) is 6.86. The Morgan fingerprint density at radius 3 is 2.57 bits per heavy atom. The molecule has 2 aromatic rings. The molecule has 1 aliphatic carbocycles. The third-order valence-corrected chi connectivity index (χ3v) is 6.86. The number of halogens is 3. The van der Waals surface area contributed by atoms with Gasteiger partial charge in [-0.05, 0) is 73.2 Å². The lowest BCUT2D eigenvalue weighted by molar-refractivity contribution is -0.139. The number of carbonyl (C=O) groups excluding carboxylic acids is 1. The quantitative estimate of drug-likeness (QED) is 0.551. The summed E-state index contributed by atoms with van der Waals surface area (Å²) in [4.78, 5) is 25.4. The molecule has 0 spiro atoms. The van der Waals surface area contributed by atoms with Gasteiger partial charge in [-0.25, -0.2) is 0 Å². The molecule has 0 aromatic heterocycles. The van der Waals surface area contributed by atoms with E-state index in [4.69, 9.17) is 9.84 Å². The lowest BCUT2D eigenvalue weighted by Crippen LogP contribution is -2.45. The minimum Gasteiger partial charge on any atom is -0.489 e. The zero-order valence-electron chi connectivity index (χ0n) is 19.5. The highest BCUT2D eigenvalue weighted by Crippen LogP contribution is 2.42. The topological polar surface area (TPSA) is 78.9 Å². The number of rotatable bonds is 8. The number of fused-ring (bicyclic) bond motifs is 1. The van der Waals surface area contributed by atoms with E-state index in [1.54, 1.807) is 42.3 Å². The summed E-state index contributed by atoms with van der Waals surface area (Å²) in [6.07, 6.45) is -0.647. The van der Waals surface area contributed by atoms with Crippen molar-refractivity contribution in [1.29, 1.82) is 0 Å². The Hall–Kier alpha value is -3.07. The first-order valence-electron chi connectivity index (χ1n) is 11.8. The van der Waals surface area contributed by atoms with Crippen LogP contribution in [0.15, 0.2) is 36.4 Å². The maximum atomic E-state index is 13.7. The molecule has 1 saturated carbocycles. The summed E-state index contributed by atoms with van der Waals surface area (Å²) in [5.41, 5.74) is 1.81. The van der Waals surface area contributed by atoms with E-state index < -0.39 is 23.8 Å². The largest absolute Gasteiger partial charge is 0.489 e. The summed E-state index contributed by atoms with van der Waals surface area (Å²) in [6, 6.07) is 8.86. The van der Waals surface area contributed by atoms with Gasteiger partial charge in [-0.2, -0.15) is 13.2 Å². The fourth-order valence-electron chi connectivity index (χ4n) is 5.07. The molecule has 9 heteroatoms. The average molecular weight is 491 g/mol. The minimum atomic E-state index is -4.41. The van der Waals surface area contributed by atoms with Crippen LogP contribution in [-0.4, -0.2) is 36.6 Å². The number of carboxylic acids is 1. The smallest absolute Gasteiger partial charge is 0.416 e. The van der Waals surface area contributed by atoms with Crippen LogP contribution >= 0.6 is 0 Å². The molecule has 2 N–H and O–H groups in total. The first-order chi connectivity index (χ1) is 16.7. The second kappa shape index (κ2) is 10.3. The van der Waals surface area contributed by atoms with E-state index in [2.05, 4.69) is 5.32 Å². The van der Waals surface area contributed by atoms with Gasteiger partial charge < -0.3 is 20.1 Å². The first-order valence-corrected chi connectivity index (χ1v) is 11.8. The van der Waals surface area contributed by atoms with Gasteiger partial charge in [-0.1, -0.05) is 25.0 Å². The van der Waals surface area contributed by atoms with Crippen LogP contribution in [0.1, 0.15) is 60.3 Å². The number of aliphatic carboxylic acids is 1. The molecule has 2 aliphatic rings. The van der Waals surface area contributed by atoms with Crippen molar-refractivity contribution in [3.05, 3.63) is 58.7 Å². The van der Waals surface area contributed by atoms with Crippen molar-refractivity contribution in [3.63, 3.8) is 0 Å². The second-order valence-electron chi connectivity index (χ2n) is 9.16. The molecular weight excluding hydrogens is 461 g/mol. The van der Waals surface area contributed by atoms with Gasteiger partial charge in [0.05, 0.1) is 18.0 Å². The Labute approximate surface area is 202 Å². The maximum absolute atomic E-state index is 13.7. The van der Waals surface area contributed by atoms with E-state index in [0.717, 1.165) is 31.2 Å². The number of nitrogens with zero attached hydrogens (tertiary/aromatic N) is 1. The van der Waals surface area contributed by atoms with Crippen LogP contribution in [0.5, 0.6) is 5.75 Å². The predicted octanol–water partition coefficient (Wildman–Crippen LogP) is 4.89. The van der Waals surface area contributed by atoms with Crippen LogP contribution < -0.4 is 15.0 Å². The highest BCUT2D eigenvalue weighted by Gasteiger charge is 2.36. The van der Waals surface area contributed by atoms with Crippen molar-refractivity contribution in [1.82, 2.24) is 5.32 Å². The Balaban J connectivity index is 1.46. The molecule has 35 heavy (non-hydrogen) atoms. The van der Waals surface area contributed by atoms with Crippen LogP contribution in [0.3, 0.4) is 0 Å². The van der Waals surface area contributed by atoms with E-state index in [9.17, 15) is 22.8 Å². The van der Waals surface area contributed by atoms with Crippen molar-refractivity contribution in [2.75, 3.05) is 18.5 Å². The highest BCUT2D eigenvalue weighted by molar-refractivity contribution is 6.00. The summed E-state index contributed by atoms with van der Waals surface area (Å²) in [5, 5.41) is 11.8. The fraction of sp³-hybridized carbons (Fsp3) is 0.462. The van der Waals surface area contributed by atoms with E-state index in [0.29, 0.717) is 35.5 Å². The maximum Gasteiger partial charge on any atom is 0.416 e. The van der Waals surface area contributed by atoms with Gasteiger partial charge in [-0.3, -0.25) is 9.59 Å². The highest BCUT2D eigenvalue weighted by atomic mass is 19.4. The zero-order valence-corrected chi connectivity index (χ0v) is 19.5. The summed E-state index contributed by atoms with van der Waals surface area (Å²) in [6.45, 7) is 0.420. The Morgan fingerprint density at radius 2 is 1.91 bits per heavy atom. The number of hydrogen-bond donors (Lipinski definition) is 2. The molecule has 1 fully saturated rings. The second-order valence-corrected chi connectivity index (χ2v) is 9.16.